The summed E-state index contributed by atoms with van der Waals surface area (Å²) in [5.74, 6) is -0.267. The van der Waals surface area contributed by atoms with Crippen LogP contribution in [0, 0.1) is 6.92 Å². The van der Waals surface area contributed by atoms with Crippen LogP contribution >= 0.6 is 0 Å². The van der Waals surface area contributed by atoms with Crippen LogP contribution in [0.5, 0.6) is 0 Å². The van der Waals surface area contributed by atoms with E-state index in [-0.39, 0.29) is 16.3 Å². The lowest BCUT2D eigenvalue weighted by Crippen LogP contribution is -2.29. The molecule has 1 heterocycles. The van der Waals surface area contributed by atoms with Crippen molar-refractivity contribution in [1.82, 2.24) is 3.97 Å². The van der Waals surface area contributed by atoms with Gasteiger partial charge in [-0.3, -0.25) is 9.59 Å². The third-order valence-electron chi connectivity index (χ3n) is 3.88. The standard InChI is InChI=1S/C18H17N3O4S/c1-11-9-13-3-4-14(19)10-17(13)21(18(11)23)26(24,25)16-7-5-15(6-8-16)20-12(2)22/h3-10H,19H2,1-2H3,(H,20,22). The number of nitrogens with one attached hydrogen (secondary N) is 1. The van der Waals surface area contributed by atoms with Crippen molar-refractivity contribution in [2.24, 2.45) is 0 Å². The Morgan fingerprint density at radius 3 is 2.35 bits per heavy atom. The van der Waals surface area contributed by atoms with Gasteiger partial charge in [0.25, 0.3) is 15.6 Å². The van der Waals surface area contributed by atoms with Crippen LogP contribution in [0.1, 0.15) is 12.5 Å². The Bertz CT molecular complexity index is 1180. The quantitative estimate of drug-likeness (QED) is 0.685. The van der Waals surface area contributed by atoms with Crippen molar-refractivity contribution in [2.45, 2.75) is 18.7 Å². The van der Waals surface area contributed by atoms with Crippen LogP contribution in [0.3, 0.4) is 0 Å². The van der Waals surface area contributed by atoms with Crippen molar-refractivity contribution in [3.05, 3.63) is 64.4 Å². The number of aryl methyl sites for hydroxylation is 1. The van der Waals surface area contributed by atoms with Crippen LogP contribution in [0.4, 0.5) is 11.4 Å². The van der Waals surface area contributed by atoms with Gasteiger partial charge in [0, 0.05) is 23.9 Å². The van der Waals surface area contributed by atoms with E-state index < -0.39 is 15.6 Å². The second-order valence-electron chi connectivity index (χ2n) is 5.93. The van der Waals surface area contributed by atoms with Gasteiger partial charge in [-0.15, -0.1) is 0 Å². The Morgan fingerprint density at radius 1 is 1.08 bits per heavy atom. The Hall–Kier alpha value is -3.13. The molecule has 2 aromatic carbocycles. The Morgan fingerprint density at radius 2 is 1.73 bits per heavy atom. The van der Waals surface area contributed by atoms with Gasteiger partial charge in [0.1, 0.15) is 0 Å². The fourth-order valence-corrected chi connectivity index (χ4v) is 4.15. The second-order valence-corrected chi connectivity index (χ2v) is 7.71. The summed E-state index contributed by atoms with van der Waals surface area (Å²) in [6.45, 7) is 2.91. The zero-order chi connectivity index (χ0) is 19.1. The lowest BCUT2D eigenvalue weighted by atomic mass is 10.1. The number of rotatable bonds is 3. The monoisotopic (exact) mass is 371 g/mol. The van der Waals surface area contributed by atoms with Crippen LogP contribution < -0.4 is 16.6 Å². The van der Waals surface area contributed by atoms with Crippen LogP contribution in [0.2, 0.25) is 0 Å². The number of hydrogen-bond donors (Lipinski definition) is 2. The molecule has 7 nitrogen and oxygen atoms in total. The molecule has 0 aliphatic heterocycles. The highest BCUT2D eigenvalue weighted by atomic mass is 32.2. The predicted octanol–water partition coefficient (Wildman–Crippen LogP) is 2.09. The molecule has 134 valence electrons. The van der Waals surface area contributed by atoms with E-state index in [4.69, 9.17) is 5.73 Å². The molecule has 0 spiro atoms. The minimum atomic E-state index is -4.14. The van der Waals surface area contributed by atoms with E-state index in [1.165, 1.54) is 37.3 Å². The fourth-order valence-electron chi connectivity index (χ4n) is 2.68. The lowest BCUT2D eigenvalue weighted by molar-refractivity contribution is -0.114. The van der Waals surface area contributed by atoms with Crippen molar-refractivity contribution < 1.29 is 13.2 Å². The maximum atomic E-state index is 13.1. The minimum absolute atomic E-state index is 0.0666. The molecule has 0 bridgehead atoms. The van der Waals surface area contributed by atoms with Gasteiger partial charge in [-0.2, -0.15) is 3.97 Å². The lowest BCUT2D eigenvalue weighted by Gasteiger charge is -2.13. The molecule has 1 amide bonds. The van der Waals surface area contributed by atoms with E-state index in [1.807, 2.05) is 0 Å². The highest BCUT2D eigenvalue weighted by molar-refractivity contribution is 7.90. The SMILES string of the molecule is CC(=O)Nc1ccc(S(=O)(=O)n2c(=O)c(C)cc3ccc(N)cc32)cc1. The first-order chi connectivity index (χ1) is 12.2. The van der Waals surface area contributed by atoms with Gasteiger partial charge < -0.3 is 11.1 Å². The minimum Gasteiger partial charge on any atom is -0.399 e. The number of carbonyl (C=O) groups excluding carboxylic acids is 1. The predicted molar refractivity (Wildman–Crippen MR) is 101 cm³/mol. The Balaban J connectivity index is 2.24. The molecule has 0 atom stereocenters. The zero-order valence-electron chi connectivity index (χ0n) is 14.2. The molecule has 3 N–H and O–H groups in total. The maximum absolute atomic E-state index is 13.1. The highest BCUT2D eigenvalue weighted by Crippen LogP contribution is 2.22. The number of aromatic nitrogens is 1. The highest BCUT2D eigenvalue weighted by Gasteiger charge is 2.22. The molecule has 0 aliphatic carbocycles. The van der Waals surface area contributed by atoms with E-state index >= 15 is 0 Å². The molecule has 0 saturated carbocycles. The summed E-state index contributed by atoms with van der Waals surface area (Å²) in [6, 6.07) is 12.0. The smallest absolute Gasteiger partial charge is 0.271 e. The number of carbonyl (C=O) groups is 1. The Kier molecular flexibility index (Phi) is 4.29. The third-order valence-corrected chi connectivity index (χ3v) is 5.59. The number of amides is 1. The van der Waals surface area contributed by atoms with Crippen molar-refractivity contribution in [3.63, 3.8) is 0 Å². The van der Waals surface area contributed by atoms with Gasteiger partial charge in [0.15, 0.2) is 0 Å². The van der Waals surface area contributed by atoms with Gasteiger partial charge in [0.05, 0.1) is 10.4 Å². The van der Waals surface area contributed by atoms with Crippen LogP contribution in [0.15, 0.2) is 58.2 Å². The summed E-state index contributed by atoms with van der Waals surface area (Å²) >= 11 is 0. The molecule has 3 rings (SSSR count). The van der Waals surface area contributed by atoms with Crippen LogP contribution in [0.25, 0.3) is 10.9 Å². The largest absolute Gasteiger partial charge is 0.399 e. The van der Waals surface area contributed by atoms with Gasteiger partial charge in [0.2, 0.25) is 5.91 Å². The summed E-state index contributed by atoms with van der Waals surface area (Å²) in [4.78, 5) is 23.6. The Labute approximate surface area is 150 Å². The number of pyridine rings is 1. The number of nitrogens with zero attached hydrogens (tertiary/aromatic N) is 1. The second kappa shape index (κ2) is 6.30. The molecular formula is C18H17N3O4S. The number of hydrogen-bond acceptors (Lipinski definition) is 5. The zero-order valence-corrected chi connectivity index (χ0v) is 15.0. The first-order valence-electron chi connectivity index (χ1n) is 7.75. The average Bonchev–Trinajstić information content (AvgIpc) is 2.56. The molecule has 1 aromatic heterocycles. The van der Waals surface area contributed by atoms with E-state index in [2.05, 4.69) is 5.32 Å². The summed E-state index contributed by atoms with van der Waals surface area (Å²) in [6.07, 6.45) is 0. The van der Waals surface area contributed by atoms with Crippen molar-refractivity contribution >= 4 is 38.2 Å². The summed E-state index contributed by atoms with van der Waals surface area (Å²) in [5.41, 5.74) is 6.48. The first-order valence-corrected chi connectivity index (χ1v) is 9.19. The first kappa shape index (κ1) is 17.7. The van der Waals surface area contributed by atoms with Gasteiger partial charge in [-0.25, -0.2) is 8.42 Å². The maximum Gasteiger partial charge on any atom is 0.271 e. The molecule has 0 saturated heterocycles. The fraction of sp³-hybridized carbons (Fsp3) is 0.111. The summed E-state index contributed by atoms with van der Waals surface area (Å²) in [5, 5.41) is 3.15. The number of nitrogen functional groups attached to an aromatic ring is 1. The van der Waals surface area contributed by atoms with E-state index in [0.29, 0.717) is 22.3 Å². The molecule has 0 radical (unpaired) electrons. The molecule has 0 unspecified atom stereocenters. The van der Waals surface area contributed by atoms with Crippen LogP contribution in [-0.2, 0) is 14.8 Å². The topological polar surface area (TPSA) is 111 Å². The van der Waals surface area contributed by atoms with Crippen molar-refractivity contribution in [2.75, 3.05) is 11.1 Å². The van der Waals surface area contributed by atoms with E-state index in [1.54, 1.807) is 25.1 Å². The van der Waals surface area contributed by atoms with Crippen molar-refractivity contribution in [1.29, 1.82) is 0 Å². The number of benzene rings is 2. The third kappa shape index (κ3) is 3.06. The molecule has 8 heteroatoms. The summed E-state index contributed by atoms with van der Waals surface area (Å²) in [7, 11) is -4.14. The number of anilines is 2. The van der Waals surface area contributed by atoms with Gasteiger partial charge >= 0.3 is 0 Å². The molecular weight excluding hydrogens is 354 g/mol. The van der Waals surface area contributed by atoms with Gasteiger partial charge in [-0.05, 0) is 54.8 Å². The molecule has 0 fully saturated rings. The normalized spacial score (nSPS) is 11.5. The summed E-state index contributed by atoms with van der Waals surface area (Å²) < 4.78 is 27.0. The number of nitrogens with two attached hydrogens (primary N) is 1. The van der Waals surface area contributed by atoms with E-state index in [9.17, 15) is 18.0 Å². The number of fused-ring (bicyclic) bond motifs is 1. The van der Waals surface area contributed by atoms with Crippen molar-refractivity contribution in [3.8, 4) is 0 Å². The molecule has 26 heavy (non-hydrogen) atoms. The van der Waals surface area contributed by atoms with E-state index in [0.717, 1.165) is 3.97 Å². The van der Waals surface area contributed by atoms with Crippen LogP contribution in [-0.4, -0.2) is 18.3 Å². The van der Waals surface area contributed by atoms with Gasteiger partial charge in [-0.1, -0.05) is 6.07 Å². The average molecular weight is 371 g/mol. The molecule has 0 aliphatic rings. The molecule has 3 aromatic rings.